The van der Waals surface area contributed by atoms with Crippen LogP contribution < -0.4 is 0 Å². The van der Waals surface area contributed by atoms with E-state index in [1.165, 1.54) is 6.04 Å². The average molecular weight is 244 g/mol. The van der Waals surface area contributed by atoms with Gasteiger partial charge in [0.1, 0.15) is 0 Å². The first-order valence-corrected chi connectivity index (χ1v) is 8.47. The number of carbonyl (C=O) groups excluding carboxylic acids is 1. The van der Waals surface area contributed by atoms with Crippen molar-refractivity contribution in [2.24, 2.45) is 0 Å². The van der Waals surface area contributed by atoms with Gasteiger partial charge in [0.05, 0.1) is 15.0 Å². The summed E-state index contributed by atoms with van der Waals surface area (Å²) in [6.45, 7) is 11.0. The summed E-state index contributed by atoms with van der Waals surface area (Å²) in [6, 6.07) is 2.29. The van der Waals surface area contributed by atoms with Gasteiger partial charge in [0.25, 0.3) is 0 Å². The highest BCUT2D eigenvalue weighted by Gasteiger charge is 2.13. The molecular weight excluding hydrogens is 220 g/mol. The number of hydrogen-bond acceptors (Lipinski definition) is 3. The largest absolute Gasteiger partial charge is 0.466 e. The van der Waals surface area contributed by atoms with Crippen molar-refractivity contribution in [3.63, 3.8) is 0 Å². The Morgan fingerprint density at radius 1 is 1.31 bits per heavy atom. The third-order valence-electron chi connectivity index (χ3n) is 2.37. The number of ether oxygens (including phenoxy) is 2. The Morgan fingerprint density at radius 3 is 2.50 bits per heavy atom. The molecule has 0 radical (unpaired) electrons. The van der Waals surface area contributed by atoms with Crippen molar-refractivity contribution in [2.75, 3.05) is 19.4 Å². The van der Waals surface area contributed by atoms with Crippen LogP contribution in [0.3, 0.4) is 0 Å². The Labute approximate surface area is 100 Å². The normalized spacial score (nSPS) is 12.2. The molecule has 0 aromatic heterocycles. The Balaban J connectivity index is 3.83. The van der Waals surface area contributed by atoms with Gasteiger partial charge in [0, 0.05) is 18.8 Å². The fourth-order valence-electron chi connectivity index (χ4n) is 1.43. The van der Waals surface area contributed by atoms with Gasteiger partial charge in [0.15, 0.2) is 0 Å². The van der Waals surface area contributed by atoms with E-state index in [1.807, 2.05) is 6.92 Å². The van der Waals surface area contributed by atoms with Crippen LogP contribution in [0.15, 0.2) is 12.2 Å². The van der Waals surface area contributed by atoms with Crippen molar-refractivity contribution >= 4 is 14.8 Å². The van der Waals surface area contributed by atoms with E-state index in [-0.39, 0.29) is 5.97 Å². The van der Waals surface area contributed by atoms with E-state index in [0.717, 1.165) is 25.7 Å². The predicted molar refractivity (Wildman–Crippen MR) is 69.3 cm³/mol. The lowest BCUT2D eigenvalue weighted by atomic mass is 10.4. The second-order valence-electron chi connectivity index (χ2n) is 4.02. The molecule has 0 aromatic carbocycles. The zero-order valence-corrected chi connectivity index (χ0v) is 11.9. The Kier molecular flexibility index (Phi) is 9.23. The van der Waals surface area contributed by atoms with Crippen molar-refractivity contribution in [2.45, 2.75) is 39.3 Å². The Bertz CT molecular complexity index is 216. The molecule has 16 heavy (non-hydrogen) atoms. The second-order valence-corrected chi connectivity index (χ2v) is 7.24. The minimum absolute atomic E-state index is 0.259. The van der Waals surface area contributed by atoms with Crippen molar-refractivity contribution in [1.82, 2.24) is 0 Å². The summed E-state index contributed by atoms with van der Waals surface area (Å²) in [7, 11) is -0.972. The van der Waals surface area contributed by atoms with Crippen LogP contribution >= 0.6 is 0 Å². The molecule has 4 heteroatoms. The standard InChI is InChI=1S/C12H24O3Si/c1-5-8-16(9-7-14-6-2)10-15-12(13)11(3)4/h16H,3,5-10H2,1-2,4H3. The van der Waals surface area contributed by atoms with Crippen molar-refractivity contribution in [3.8, 4) is 0 Å². The van der Waals surface area contributed by atoms with Crippen LogP contribution in [0.5, 0.6) is 0 Å². The fourth-order valence-corrected chi connectivity index (χ4v) is 3.76. The molecule has 0 bridgehead atoms. The van der Waals surface area contributed by atoms with Gasteiger partial charge >= 0.3 is 5.97 Å². The number of carbonyl (C=O) groups is 1. The van der Waals surface area contributed by atoms with E-state index in [2.05, 4.69) is 13.5 Å². The van der Waals surface area contributed by atoms with Gasteiger partial charge in [-0.25, -0.2) is 4.79 Å². The van der Waals surface area contributed by atoms with Gasteiger partial charge in [-0.1, -0.05) is 26.0 Å². The van der Waals surface area contributed by atoms with Gasteiger partial charge in [0.2, 0.25) is 0 Å². The maximum Gasteiger partial charge on any atom is 0.332 e. The molecule has 0 amide bonds. The van der Waals surface area contributed by atoms with Crippen LogP contribution in [0.25, 0.3) is 0 Å². The van der Waals surface area contributed by atoms with Crippen LogP contribution in [-0.4, -0.2) is 34.2 Å². The number of esters is 1. The van der Waals surface area contributed by atoms with E-state index in [0.29, 0.717) is 11.8 Å². The maximum absolute atomic E-state index is 11.3. The van der Waals surface area contributed by atoms with Gasteiger partial charge in [-0.15, -0.1) is 0 Å². The monoisotopic (exact) mass is 244 g/mol. The molecule has 1 unspecified atom stereocenters. The van der Waals surface area contributed by atoms with Crippen LogP contribution in [-0.2, 0) is 14.3 Å². The first-order chi connectivity index (χ1) is 7.61. The van der Waals surface area contributed by atoms with Crippen LogP contribution in [0.2, 0.25) is 12.1 Å². The highest BCUT2D eigenvalue weighted by molar-refractivity contribution is 6.58. The molecule has 0 saturated heterocycles. The van der Waals surface area contributed by atoms with Crippen molar-refractivity contribution in [1.29, 1.82) is 0 Å². The van der Waals surface area contributed by atoms with E-state index in [4.69, 9.17) is 9.47 Å². The smallest absolute Gasteiger partial charge is 0.332 e. The first-order valence-electron chi connectivity index (χ1n) is 6.02. The minimum atomic E-state index is -0.972. The van der Waals surface area contributed by atoms with Crippen LogP contribution in [0, 0.1) is 0 Å². The molecule has 0 aliphatic rings. The molecule has 3 nitrogen and oxygen atoms in total. The minimum Gasteiger partial charge on any atom is -0.466 e. The summed E-state index contributed by atoms with van der Waals surface area (Å²) < 4.78 is 10.6. The van der Waals surface area contributed by atoms with Crippen molar-refractivity contribution < 1.29 is 14.3 Å². The van der Waals surface area contributed by atoms with E-state index >= 15 is 0 Å². The molecule has 0 aliphatic carbocycles. The highest BCUT2D eigenvalue weighted by atomic mass is 28.3. The second kappa shape index (κ2) is 9.60. The van der Waals surface area contributed by atoms with E-state index in [1.54, 1.807) is 6.92 Å². The molecule has 94 valence electrons. The van der Waals surface area contributed by atoms with Gasteiger partial charge in [-0.2, -0.15) is 0 Å². The molecule has 0 N–H and O–H groups in total. The summed E-state index contributed by atoms with van der Waals surface area (Å²) in [5, 5.41) is 0. The molecule has 0 spiro atoms. The molecular formula is C12H24O3Si. The summed E-state index contributed by atoms with van der Waals surface area (Å²) >= 11 is 0. The molecule has 0 aliphatic heterocycles. The molecule has 0 heterocycles. The lowest BCUT2D eigenvalue weighted by molar-refractivity contribution is -0.137. The first kappa shape index (κ1) is 15.4. The third kappa shape index (κ3) is 7.65. The summed E-state index contributed by atoms with van der Waals surface area (Å²) in [5.41, 5.74) is 0.481. The summed E-state index contributed by atoms with van der Waals surface area (Å²) in [6.07, 6.45) is 1.78. The summed E-state index contributed by atoms with van der Waals surface area (Å²) in [4.78, 5) is 11.3. The zero-order chi connectivity index (χ0) is 12.4. The topological polar surface area (TPSA) is 35.5 Å². The lowest BCUT2D eigenvalue weighted by Gasteiger charge is -2.14. The van der Waals surface area contributed by atoms with Gasteiger partial charge in [-0.3, -0.25) is 0 Å². The SMILES string of the molecule is C=C(C)C(=O)OC[SiH](CCC)CCOCC. The quantitative estimate of drug-likeness (QED) is 0.270. The van der Waals surface area contributed by atoms with Crippen LogP contribution in [0.4, 0.5) is 0 Å². The fraction of sp³-hybridized carbons (Fsp3) is 0.750. The summed E-state index contributed by atoms with van der Waals surface area (Å²) in [5.74, 6) is -0.259. The van der Waals surface area contributed by atoms with Gasteiger partial charge in [-0.05, 0) is 19.9 Å². The zero-order valence-electron chi connectivity index (χ0n) is 10.8. The van der Waals surface area contributed by atoms with Crippen LogP contribution in [0.1, 0.15) is 27.2 Å². The average Bonchev–Trinajstić information content (AvgIpc) is 2.25. The molecule has 0 rings (SSSR count). The Morgan fingerprint density at radius 2 is 2.00 bits per heavy atom. The van der Waals surface area contributed by atoms with Crippen molar-refractivity contribution in [3.05, 3.63) is 12.2 Å². The number of hydrogen-bond donors (Lipinski definition) is 0. The molecule has 0 aromatic rings. The molecule has 0 fully saturated rings. The van der Waals surface area contributed by atoms with E-state index < -0.39 is 8.80 Å². The maximum atomic E-state index is 11.3. The third-order valence-corrected chi connectivity index (χ3v) is 5.45. The molecule has 0 saturated carbocycles. The van der Waals surface area contributed by atoms with E-state index in [9.17, 15) is 4.79 Å². The number of rotatable bonds is 9. The predicted octanol–water partition coefficient (Wildman–Crippen LogP) is 2.32. The lowest BCUT2D eigenvalue weighted by Crippen LogP contribution is -2.24. The molecule has 1 atom stereocenters. The van der Waals surface area contributed by atoms with Gasteiger partial charge < -0.3 is 9.47 Å². The Hall–Kier alpha value is -0.613. The highest BCUT2D eigenvalue weighted by Crippen LogP contribution is 2.05.